The lowest BCUT2D eigenvalue weighted by Crippen LogP contribution is -2.32. The minimum atomic E-state index is 0.572. The molecule has 1 aliphatic heterocycles. The van der Waals surface area contributed by atoms with Crippen molar-refractivity contribution in [2.45, 2.75) is 13.8 Å². The predicted octanol–water partition coefficient (Wildman–Crippen LogP) is 3.89. The molecule has 2 aromatic rings. The number of aliphatic imine (C=N–C) groups is 2. The monoisotopic (exact) mass is 314 g/mol. The molecule has 22 heavy (non-hydrogen) atoms. The number of H-pyrrole nitrogens is 1. The van der Waals surface area contributed by atoms with Crippen LogP contribution in [0.25, 0.3) is 0 Å². The molecule has 0 saturated heterocycles. The maximum atomic E-state index is 6.19. The second-order valence-electron chi connectivity index (χ2n) is 5.11. The van der Waals surface area contributed by atoms with Gasteiger partial charge in [0.25, 0.3) is 0 Å². The van der Waals surface area contributed by atoms with Crippen LogP contribution in [0.2, 0.25) is 5.02 Å². The zero-order valence-electron chi connectivity index (χ0n) is 12.8. The number of likely N-dealkylation sites (N-methyl/N-ethyl adjacent to an activating group) is 1. The van der Waals surface area contributed by atoms with Crippen LogP contribution < -0.4 is 0 Å². The molecule has 0 fully saturated rings. The molecule has 3 rings (SSSR count). The van der Waals surface area contributed by atoms with Gasteiger partial charge in [-0.2, -0.15) is 0 Å². The van der Waals surface area contributed by atoms with Crippen molar-refractivity contribution in [2.24, 2.45) is 9.98 Å². The topological polar surface area (TPSA) is 43.8 Å². The van der Waals surface area contributed by atoms with Crippen LogP contribution in [0.5, 0.6) is 0 Å². The molecule has 114 valence electrons. The van der Waals surface area contributed by atoms with Crippen molar-refractivity contribution < 1.29 is 0 Å². The molecular formula is C17H19ClN4. The molecule has 1 aromatic carbocycles. The fraction of sp³-hybridized carbons (Fsp3) is 0.294. The Morgan fingerprint density at radius 3 is 2.73 bits per heavy atom. The van der Waals surface area contributed by atoms with Crippen molar-refractivity contribution in [2.75, 3.05) is 19.6 Å². The number of nitrogens with zero attached hydrogens (tertiary/aromatic N) is 3. The van der Waals surface area contributed by atoms with E-state index in [1.807, 2.05) is 36.5 Å². The number of aromatic nitrogens is 1. The van der Waals surface area contributed by atoms with Crippen LogP contribution in [0.15, 0.2) is 46.5 Å². The van der Waals surface area contributed by atoms with E-state index in [9.17, 15) is 0 Å². The first kappa shape index (κ1) is 14.9. The van der Waals surface area contributed by atoms with Crippen molar-refractivity contribution in [3.8, 4) is 0 Å². The molecule has 1 aromatic heterocycles. The molecule has 2 heterocycles. The lowest BCUT2D eigenvalue weighted by atomic mass is 10.1. The molecule has 4 nitrogen and oxygen atoms in total. The normalized spacial score (nSPS) is 14.0. The molecule has 0 radical (unpaired) electrons. The van der Waals surface area contributed by atoms with Gasteiger partial charge in [0.05, 0.1) is 23.6 Å². The van der Waals surface area contributed by atoms with E-state index >= 15 is 0 Å². The van der Waals surface area contributed by atoms with Crippen LogP contribution in [0.3, 0.4) is 0 Å². The smallest absolute Gasteiger partial charge is 0.127 e. The van der Waals surface area contributed by atoms with Crippen LogP contribution in [-0.2, 0) is 0 Å². The molecule has 1 aliphatic rings. The fourth-order valence-corrected chi connectivity index (χ4v) is 2.84. The van der Waals surface area contributed by atoms with E-state index in [4.69, 9.17) is 21.6 Å². The number of hydrogen-bond acceptors (Lipinski definition) is 3. The molecule has 0 aliphatic carbocycles. The number of hydrogen-bond donors (Lipinski definition) is 1. The Morgan fingerprint density at radius 2 is 2.05 bits per heavy atom. The van der Waals surface area contributed by atoms with Gasteiger partial charge in [0.1, 0.15) is 5.84 Å². The summed E-state index contributed by atoms with van der Waals surface area (Å²) in [6.07, 6.45) is 1.90. The lowest BCUT2D eigenvalue weighted by molar-refractivity contribution is 0.460. The van der Waals surface area contributed by atoms with E-state index in [2.05, 4.69) is 23.7 Å². The van der Waals surface area contributed by atoms with Crippen molar-refractivity contribution in [1.29, 1.82) is 0 Å². The van der Waals surface area contributed by atoms with Crippen molar-refractivity contribution in [3.63, 3.8) is 0 Å². The summed E-state index contributed by atoms with van der Waals surface area (Å²) in [6, 6.07) is 9.77. The Morgan fingerprint density at radius 1 is 1.23 bits per heavy atom. The van der Waals surface area contributed by atoms with Crippen LogP contribution in [0.1, 0.15) is 25.1 Å². The standard InChI is InChI=1S/C17H19ClN4/c1-3-22(4-2)16-11-20-17(15-6-5-9-19-15)13-10-12(18)7-8-14(13)21-16/h5-10,19H,3-4,11H2,1-2H3. The molecule has 0 unspecified atom stereocenters. The molecule has 5 heteroatoms. The molecule has 0 amide bonds. The third-order valence-electron chi connectivity index (χ3n) is 3.82. The predicted molar refractivity (Wildman–Crippen MR) is 92.8 cm³/mol. The Balaban J connectivity index is 2.13. The van der Waals surface area contributed by atoms with Gasteiger partial charge < -0.3 is 9.88 Å². The van der Waals surface area contributed by atoms with Crippen LogP contribution in [0, 0.1) is 0 Å². The Kier molecular flexibility index (Phi) is 4.29. The van der Waals surface area contributed by atoms with Gasteiger partial charge in [-0.05, 0) is 44.2 Å². The molecule has 1 N–H and O–H groups in total. The van der Waals surface area contributed by atoms with Crippen molar-refractivity contribution in [3.05, 3.63) is 52.8 Å². The summed E-state index contributed by atoms with van der Waals surface area (Å²) < 4.78 is 0. The van der Waals surface area contributed by atoms with Gasteiger partial charge >= 0.3 is 0 Å². The summed E-state index contributed by atoms with van der Waals surface area (Å²) in [6.45, 7) is 6.68. The molecular weight excluding hydrogens is 296 g/mol. The number of fused-ring (bicyclic) bond motifs is 1. The van der Waals surface area contributed by atoms with E-state index in [0.29, 0.717) is 11.6 Å². The highest BCUT2D eigenvalue weighted by Crippen LogP contribution is 2.28. The van der Waals surface area contributed by atoms with E-state index in [1.54, 1.807) is 0 Å². The first-order chi connectivity index (χ1) is 10.7. The minimum absolute atomic E-state index is 0.572. The van der Waals surface area contributed by atoms with E-state index in [0.717, 1.165) is 41.6 Å². The Bertz CT molecular complexity index is 712. The van der Waals surface area contributed by atoms with Crippen LogP contribution in [0.4, 0.5) is 5.69 Å². The maximum Gasteiger partial charge on any atom is 0.127 e. The highest BCUT2D eigenvalue weighted by molar-refractivity contribution is 6.31. The quantitative estimate of drug-likeness (QED) is 0.917. The van der Waals surface area contributed by atoms with Gasteiger partial charge in [-0.1, -0.05) is 11.6 Å². The zero-order valence-corrected chi connectivity index (χ0v) is 13.6. The van der Waals surface area contributed by atoms with Gasteiger partial charge in [0.15, 0.2) is 0 Å². The maximum absolute atomic E-state index is 6.19. The Hall–Kier alpha value is -2.07. The lowest BCUT2D eigenvalue weighted by Gasteiger charge is -2.21. The summed E-state index contributed by atoms with van der Waals surface area (Å²) in [5.41, 5.74) is 3.78. The van der Waals surface area contributed by atoms with E-state index < -0.39 is 0 Å². The average molecular weight is 315 g/mol. The first-order valence-electron chi connectivity index (χ1n) is 7.53. The third kappa shape index (κ3) is 2.79. The van der Waals surface area contributed by atoms with Gasteiger partial charge in [0.2, 0.25) is 0 Å². The summed E-state index contributed by atoms with van der Waals surface area (Å²) in [7, 11) is 0. The van der Waals surface area contributed by atoms with Gasteiger partial charge in [0, 0.05) is 29.9 Å². The second kappa shape index (κ2) is 6.36. The highest BCUT2D eigenvalue weighted by atomic mass is 35.5. The second-order valence-corrected chi connectivity index (χ2v) is 5.55. The fourth-order valence-electron chi connectivity index (χ4n) is 2.67. The number of halogens is 1. The number of nitrogens with one attached hydrogen (secondary N) is 1. The molecule has 0 saturated carbocycles. The minimum Gasteiger partial charge on any atom is -0.360 e. The number of rotatable bonds is 3. The van der Waals surface area contributed by atoms with Gasteiger partial charge in [-0.15, -0.1) is 0 Å². The van der Waals surface area contributed by atoms with Gasteiger partial charge in [-0.25, -0.2) is 4.99 Å². The number of aromatic amines is 1. The van der Waals surface area contributed by atoms with Gasteiger partial charge in [-0.3, -0.25) is 4.99 Å². The Labute approximate surface area is 135 Å². The first-order valence-corrected chi connectivity index (χ1v) is 7.91. The van der Waals surface area contributed by atoms with Crippen molar-refractivity contribution >= 4 is 28.8 Å². The molecule has 0 spiro atoms. The summed E-state index contributed by atoms with van der Waals surface area (Å²) in [4.78, 5) is 15.1. The highest BCUT2D eigenvalue weighted by Gasteiger charge is 2.19. The number of benzene rings is 1. The summed E-state index contributed by atoms with van der Waals surface area (Å²) >= 11 is 6.19. The largest absolute Gasteiger partial charge is 0.360 e. The third-order valence-corrected chi connectivity index (χ3v) is 4.06. The summed E-state index contributed by atoms with van der Waals surface area (Å²) in [5, 5.41) is 0.694. The molecule has 0 bridgehead atoms. The van der Waals surface area contributed by atoms with E-state index in [1.165, 1.54) is 0 Å². The van der Waals surface area contributed by atoms with Crippen molar-refractivity contribution in [1.82, 2.24) is 9.88 Å². The zero-order chi connectivity index (χ0) is 15.5. The number of amidine groups is 1. The van der Waals surface area contributed by atoms with E-state index in [-0.39, 0.29) is 0 Å². The molecule has 0 atom stereocenters. The summed E-state index contributed by atoms with van der Waals surface area (Å²) in [5.74, 6) is 0.995. The van der Waals surface area contributed by atoms with Crippen LogP contribution in [-0.4, -0.2) is 41.1 Å². The average Bonchev–Trinajstić information content (AvgIpc) is 2.98. The SMILES string of the molecule is CCN(CC)C1=Nc2ccc(Cl)cc2C(c2ccc[nH]2)=NC1. The van der Waals surface area contributed by atoms with Crippen LogP contribution >= 0.6 is 11.6 Å².